The second-order valence-electron chi connectivity index (χ2n) is 12.2. The summed E-state index contributed by atoms with van der Waals surface area (Å²) in [5, 5.41) is 58.5. The van der Waals surface area contributed by atoms with Crippen molar-refractivity contribution in [2.24, 2.45) is 28.6 Å². The zero-order valence-electron chi connectivity index (χ0n) is 20.9. The maximum Gasteiger partial charge on any atom is 0.305 e. The van der Waals surface area contributed by atoms with Gasteiger partial charge in [0.05, 0.1) is 22.7 Å². The SMILES string of the molecule is CCC(=O)OC1[C@H]2CC[C@H]3[C@@](C)(O)[C@@H]4C[C@H](O)C(C)(C)[C@@]4(O)[C@H](O)[C@@H](OC(C)=O)[C@@]13C[C@@]2(C)O. The van der Waals surface area contributed by atoms with Crippen LogP contribution in [-0.4, -0.2) is 78.7 Å². The van der Waals surface area contributed by atoms with E-state index in [1.165, 1.54) is 6.92 Å². The summed E-state index contributed by atoms with van der Waals surface area (Å²) in [4.78, 5) is 24.9. The number of aliphatic hydroxyl groups is 5. The van der Waals surface area contributed by atoms with Crippen molar-refractivity contribution >= 4 is 11.9 Å². The number of carbonyl (C=O) groups is 2. The van der Waals surface area contributed by atoms with Crippen LogP contribution in [0.3, 0.4) is 0 Å². The predicted molar refractivity (Wildman–Crippen MR) is 119 cm³/mol. The van der Waals surface area contributed by atoms with Gasteiger partial charge in [0.25, 0.3) is 0 Å². The molecule has 4 fully saturated rings. The lowest BCUT2D eigenvalue weighted by Crippen LogP contribution is -2.64. The quantitative estimate of drug-likeness (QED) is 0.364. The van der Waals surface area contributed by atoms with Crippen LogP contribution in [0.5, 0.6) is 0 Å². The van der Waals surface area contributed by atoms with Crippen molar-refractivity contribution in [2.45, 2.75) is 115 Å². The Labute approximate surface area is 200 Å². The van der Waals surface area contributed by atoms with Crippen molar-refractivity contribution in [3.8, 4) is 0 Å². The van der Waals surface area contributed by atoms with Crippen LogP contribution in [0.25, 0.3) is 0 Å². The Balaban J connectivity index is 2.01. The summed E-state index contributed by atoms with van der Waals surface area (Å²) in [6.45, 7) is 9.31. The van der Waals surface area contributed by atoms with Crippen LogP contribution in [0.15, 0.2) is 0 Å². The minimum Gasteiger partial charge on any atom is -0.461 e. The first-order valence-electron chi connectivity index (χ1n) is 12.4. The molecule has 1 spiro atoms. The summed E-state index contributed by atoms with van der Waals surface area (Å²) in [7, 11) is 0. The zero-order valence-corrected chi connectivity index (χ0v) is 20.9. The van der Waals surface area contributed by atoms with E-state index in [1.54, 1.807) is 34.6 Å². The number of carbonyl (C=O) groups excluding carboxylic acids is 2. The summed E-state index contributed by atoms with van der Waals surface area (Å²) >= 11 is 0. The molecule has 0 aromatic rings. The largest absolute Gasteiger partial charge is 0.461 e. The number of ether oxygens (including phenoxy) is 2. The molecule has 0 aromatic heterocycles. The Hall–Kier alpha value is -1.26. The molecule has 5 N–H and O–H groups in total. The van der Waals surface area contributed by atoms with Crippen molar-refractivity contribution in [3.05, 3.63) is 0 Å². The highest BCUT2D eigenvalue weighted by Gasteiger charge is 2.80. The summed E-state index contributed by atoms with van der Waals surface area (Å²) in [6, 6.07) is 0. The fourth-order valence-electron chi connectivity index (χ4n) is 8.47. The number of fused-ring (bicyclic) bond motifs is 2. The molecule has 0 heterocycles. The molecule has 4 aliphatic rings. The fraction of sp³-hybridized carbons (Fsp3) is 0.920. The molecule has 9 heteroatoms. The fourth-order valence-corrected chi connectivity index (χ4v) is 8.47. The maximum absolute atomic E-state index is 12.5. The minimum absolute atomic E-state index is 0.00787. The predicted octanol–water partition coefficient (Wildman–Crippen LogP) is 0.671. The molecule has 4 saturated carbocycles. The van der Waals surface area contributed by atoms with Gasteiger partial charge in [0, 0.05) is 36.5 Å². The van der Waals surface area contributed by atoms with E-state index < -0.39 is 81.7 Å². The molecule has 9 nitrogen and oxygen atoms in total. The second-order valence-corrected chi connectivity index (χ2v) is 12.2. The first-order chi connectivity index (χ1) is 15.5. The zero-order chi connectivity index (χ0) is 25.6. The molecule has 0 aliphatic heterocycles. The minimum atomic E-state index is -2.02. The van der Waals surface area contributed by atoms with E-state index in [-0.39, 0.29) is 19.3 Å². The lowest BCUT2D eigenvalue weighted by molar-refractivity contribution is -0.233. The maximum atomic E-state index is 12.5. The highest BCUT2D eigenvalue weighted by molar-refractivity contribution is 5.69. The molecule has 0 aromatic carbocycles. The summed E-state index contributed by atoms with van der Waals surface area (Å²) in [6.07, 6.45) is -4.07. The summed E-state index contributed by atoms with van der Waals surface area (Å²) in [5.74, 6) is -3.34. The first-order valence-corrected chi connectivity index (χ1v) is 12.4. The van der Waals surface area contributed by atoms with Crippen molar-refractivity contribution < 1.29 is 44.6 Å². The van der Waals surface area contributed by atoms with Crippen molar-refractivity contribution in [3.63, 3.8) is 0 Å². The molecular weight excluding hydrogens is 444 g/mol. The Bertz CT molecular complexity index is 866. The normalized spacial score (nSPS) is 53.4. The van der Waals surface area contributed by atoms with E-state index in [0.717, 1.165) is 0 Å². The van der Waals surface area contributed by atoms with E-state index in [1.807, 2.05) is 0 Å². The number of rotatable bonds is 3. The van der Waals surface area contributed by atoms with Crippen LogP contribution in [0.4, 0.5) is 0 Å². The van der Waals surface area contributed by atoms with E-state index in [0.29, 0.717) is 12.8 Å². The van der Waals surface area contributed by atoms with E-state index in [4.69, 9.17) is 9.47 Å². The van der Waals surface area contributed by atoms with Crippen LogP contribution in [-0.2, 0) is 19.1 Å². The van der Waals surface area contributed by atoms with Gasteiger partial charge in [0.2, 0.25) is 0 Å². The molecule has 0 amide bonds. The Morgan fingerprint density at radius 2 is 1.56 bits per heavy atom. The van der Waals surface area contributed by atoms with Gasteiger partial charge in [-0.2, -0.15) is 0 Å². The number of aliphatic hydroxyl groups excluding tert-OH is 2. The topological polar surface area (TPSA) is 154 Å². The molecule has 0 radical (unpaired) electrons. The average molecular weight is 485 g/mol. The van der Waals surface area contributed by atoms with Gasteiger partial charge < -0.3 is 35.0 Å². The molecule has 2 bridgehead atoms. The van der Waals surface area contributed by atoms with Crippen molar-refractivity contribution in [2.75, 3.05) is 0 Å². The van der Waals surface area contributed by atoms with E-state index in [2.05, 4.69) is 0 Å². The van der Waals surface area contributed by atoms with Gasteiger partial charge in [0.15, 0.2) is 0 Å². The smallest absolute Gasteiger partial charge is 0.305 e. The summed E-state index contributed by atoms with van der Waals surface area (Å²) < 4.78 is 11.7. The van der Waals surface area contributed by atoms with Gasteiger partial charge in [-0.15, -0.1) is 0 Å². The van der Waals surface area contributed by atoms with Crippen LogP contribution in [0.1, 0.15) is 73.6 Å². The molecule has 4 aliphatic carbocycles. The van der Waals surface area contributed by atoms with Gasteiger partial charge in [-0.25, -0.2) is 0 Å². The van der Waals surface area contributed by atoms with Gasteiger partial charge in [-0.3, -0.25) is 9.59 Å². The Kier molecular flexibility index (Phi) is 5.79. The second kappa shape index (κ2) is 7.62. The van der Waals surface area contributed by atoms with Crippen LogP contribution in [0.2, 0.25) is 0 Å². The molecule has 34 heavy (non-hydrogen) atoms. The van der Waals surface area contributed by atoms with Gasteiger partial charge in [-0.1, -0.05) is 20.8 Å². The van der Waals surface area contributed by atoms with Gasteiger partial charge in [-0.05, 0) is 39.5 Å². The highest BCUT2D eigenvalue weighted by Crippen LogP contribution is 2.71. The average Bonchev–Trinajstić information content (AvgIpc) is 2.97. The van der Waals surface area contributed by atoms with Crippen molar-refractivity contribution in [1.29, 1.82) is 0 Å². The molecule has 0 saturated heterocycles. The molecule has 11 atom stereocenters. The van der Waals surface area contributed by atoms with Gasteiger partial charge >= 0.3 is 11.9 Å². The monoisotopic (exact) mass is 484 g/mol. The number of hydrogen-bond acceptors (Lipinski definition) is 9. The molecule has 4 rings (SSSR count). The number of hydrogen-bond donors (Lipinski definition) is 5. The Morgan fingerprint density at radius 1 is 0.941 bits per heavy atom. The third-order valence-corrected chi connectivity index (χ3v) is 10.1. The van der Waals surface area contributed by atoms with Gasteiger partial charge in [0.1, 0.15) is 23.9 Å². The van der Waals surface area contributed by atoms with E-state index >= 15 is 0 Å². The third-order valence-electron chi connectivity index (χ3n) is 10.1. The third kappa shape index (κ3) is 3.03. The van der Waals surface area contributed by atoms with Crippen LogP contribution < -0.4 is 0 Å². The number of esters is 2. The Morgan fingerprint density at radius 3 is 2.12 bits per heavy atom. The first kappa shape index (κ1) is 25.8. The van der Waals surface area contributed by atoms with E-state index in [9.17, 15) is 35.1 Å². The molecular formula is C25H40O9. The lowest BCUT2D eigenvalue weighted by atomic mass is 9.56. The van der Waals surface area contributed by atoms with Crippen molar-refractivity contribution in [1.82, 2.24) is 0 Å². The lowest BCUT2D eigenvalue weighted by Gasteiger charge is -2.53. The molecule has 1 unspecified atom stereocenters. The summed E-state index contributed by atoms with van der Waals surface area (Å²) in [5.41, 5.74) is -7.57. The van der Waals surface area contributed by atoms with Crippen LogP contribution in [0, 0.1) is 28.6 Å². The van der Waals surface area contributed by atoms with Crippen LogP contribution >= 0.6 is 0 Å². The molecule has 194 valence electrons. The highest BCUT2D eigenvalue weighted by atomic mass is 16.6. The standard InChI is InChI=1S/C25H40O9/c1-7-17(28)34-19-13-8-9-14-23(6,31)15-10-16(27)21(3,4)25(15,32)18(29)20(33-12(2)26)24(14,19)11-22(13,5)30/h13-16,18-20,27,29-32H,7-11H2,1-6H3/t13-,14+,15+,16+,18-,19?,20-,22-,23-,24-,25+/m1/s1.